The highest BCUT2D eigenvalue weighted by atomic mass is 16.2. The molecule has 18 heavy (non-hydrogen) atoms. The molecule has 2 rings (SSSR count). The second-order valence-corrected chi connectivity index (χ2v) is 4.56. The Morgan fingerprint density at radius 3 is 3.11 bits per heavy atom. The molecule has 0 aromatic heterocycles. The summed E-state index contributed by atoms with van der Waals surface area (Å²) >= 11 is 0. The van der Waals surface area contributed by atoms with Crippen LogP contribution in [0.15, 0.2) is 18.2 Å². The first-order valence-electron chi connectivity index (χ1n) is 6.53. The van der Waals surface area contributed by atoms with Crippen molar-refractivity contribution in [3.63, 3.8) is 0 Å². The fraction of sp³-hybridized carbons (Fsp3) is 0.500. The Morgan fingerprint density at radius 2 is 2.28 bits per heavy atom. The van der Waals surface area contributed by atoms with Crippen molar-refractivity contribution in [2.24, 2.45) is 0 Å². The van der Waals surface area contributed by atoms with Gasteiger partial charge in [0.25, 0.3) is 5.91 Å². The summed E-state index contributed by atoms with van der Waals surface area (Å²) in [5.41, 5.74) is 3.21. The molecule has 0 saturated heterocycles. The lowest BCUT2D eigenvalue weighted by Gasteiger charge is -2.19. The number of hydrogen-bond acceptors (Lipinski definition) is 3. The van der Waals surface area contributed by atoms with Crippen molar-refractivity contribution in [3.8, 4) is 0 Å². The molecule has 0 unspecified atom stereocenters. The van der Waals surface area contributed by atoms with Crippen LogP contribution < -0.4 is 10.6 Å². The van der Waals surface area contributed by atoms with Gasteiger partial charge >= 0.3 is 0 Å². The number of carbonyl (C=O) groups is 1. The number of benzene rings is 1. The minimum atomic E-state index is 0.00619. The van der Waals surface area contributed by atoms with E-state index in [0.717, 1.165) is 37.9 Å². The SMILES string of the molecule is O=C(NCCCCO)c1cccc2c1CCNC2. The Bertz CT molecular complexity index is 418. The lowest BCUT2D eigenvalue weighted by molar-refractivity contribution is 0.0951. The summed E-state index contributed by atoms with van der Waals surface area (Å²) in [5.74, 6) is 0.00619. The van der Waals surface area contributed by atoms with Gasteiger partial charge in [0, 0.05) is 25.3 Å². The van der Waals surface area contributed by atoms with Gasteiger partial charge in [-0.1, -0.05) is 12.1 Å². The number of amides is 1. The van der Waals surface area contributed by atoms with E-state index in [1.807, 2.05) is 12.1 Å². The van der Waals surface area contributed by atoms with E-state index in [-0.39, 0.29) is 12.5 Å². The molecule has 0 atom stereocenters. The van der Waals surface area contributed by atoms with Crippen LogP contribution in [0.5, 0.6) is 0 Å². The monoisotopic (exact) mass is 248 g/mol. The summed E-state index contributed by atoms with van der Waals surface area (Å²) in [6.07, 6.45) is 2.46. The smallest absolute Gasteiger partial charge is 0.251 e. The van der Waals surface area contributed by atoms with E-state index in [0.29, 0.717) is 6.54 Å². The van der Waals surface area contributed by atoms with Gasteiger partial charge in [-0.15, -0.1) is 0 Å². The molecule has 4 heteroatoms. The number of aliphatic hydroxyl groups excluding tert-OH is 1. The van der Waals surface area contributed by atoms with Gasteiger partial charge < -0.3 is 15.7 Å². The number of unbranched alkanes of at least 4 members (excludes halogenated alkanes) is 1. The Balaban J connectivity index is 2.01. The van der Waals surface area contributed by atoms with Gasteiger partial charge in [-0.3, -0.25) is 4.79 Å². The predicted octanol–water partition coefficient (Wildman–Crippen LogP) is 0.835. The van der Waals surface area contributed by atoms with Crippen molar-refractivity contribution in [1.82, 2.24) is 10.6 Å². The zero-order chi connectivity index (χ0) is 12.8. The number of carbonyl (C=O) groups excluding carboxylic acids is 1. The molecule has 1 amide bonds. The molecular weight excluding hydrogens is 228 g/mol. The van der Waals surface area contributed by atoms with Crippen LogP contribution in [0.3, 0.4) is 0 Å². The van der Waals surface area contributed by atoms with Crippen LogP contribution in [-0.2, 0) is 13.0 Å². The number of rotatable bonds is 5. The second kappa shape index (κ2) is 6.52. The van der Waals surface area contributed by atoms with Gasteiger partial charge in [-0.25, -0.2) is 0 Å². The molecule has 98 valence electrons. The molecule has 0 aliphatic carbocycles. The molecule has 1 heterocycles. The first kappa shape index (κ1) is 13.1. The molecule has 1 aromatic carbocycles. The summed E-state index contributed by atoms with van der Waals surface area (Å²) in [7, 11) is 0. The summed E-state index contributed by atoms with van der Waals surface area (Å²) in [4.78, 5) is 12.1. The van der Waals surface area contributed by atoms with Crippen LogP contribution >= 0.6 is 0 Å². The maximum atomic E-state index is 12.1. The highest BCUT2D eigenvalue weighted by molar-refractivity contribution is 5.96. The molecule has 0 radical (unpaired) electrons. The molecule has 0 saturated carbocycles. The average molecular weight is 248 g/mol. The average Bonchev–Trinajstić information content (AvgIpc) is 2.43. The van der Waals surface area contributed by atoms with E-state index in [1.165, 1.54) is 11.1 Å². The number of nitrogens with one attached hydrogen (secondary N) is 2. The third kappa shape index (κ3) is 3.09. The predicted molar refractivity (Wildman–Crippen MR) is 70.5 cm³/mol. The molecule has 1 aromatic rings. The molecule has 0 bridgehead atoms. The number of hydrogen-bond donors (Lipinski definition) is 3. The highest BCUT2D eigenvalue weighted by Gasteiger charge is 2.16. The van der Waals surface area contributed by atoms with Gasteiger partial charge in [0.2, 0.25) is 0 Å². The van der Waals surface area contributed by atoms with Crippen molar-refractivity contribution in [2.75, 3.05) is 19.7 Å². The van der Waals surface area contributed by atoms with Gasteiger partial charge in [0.15, 0.2) is 0 Å². The van der Waals surface area contributed by atoms with E-state index in [4.69, 9.17) is 5.11 Å². The summed E-state index contributed by atoms with van der Waals surface area (Å²) in [5, 5.41) is 14.9. The fourth-order valence-electron chi connectivity index (χ4n) is 2.28. The van der Waals surface area contributed by atoms with E-state index in [9.17, 15) is 4.79 Å². The van der Waals surface area contributed by atoms with Crippen LogP contribution in [-0.4, -0.2) is 30.7 Å². The molecule has 0 fully saturated rings. The summed E-state index contributed by atoms with van der Waals surface area (Å²) < 4.78 is 0. The van der Waals surface area contributed by atoms with E-state index < -0.39 is 0 Å². The molecule has 1 aliphatic heterocycles. The Labute approximate surface area is 107 Å². The van der Waals surface area contributed by atoms with Gasteiger partial charge in [0.1, 0.15) is 0 Å². The van der Waals surface area contributed by atoms with E-state index >= 15 is 0 Å². The molecule has 0 spiro atoms. The van der Waals surface area contributed by atoms with Gasteiger partial charge in [-0.2, -0.15) is 0 Å². The van der Waals surface area contributed by atoms with Crippen molar-refractivity contribution in [3.05, 3.63) is 34.9 Å². The molecule has 1 aliphatic rings. The second-order valence-electron chi connectivity index (χ2n) is 4.56. The van der Waals surface area contributed by atoms with Crippen LogP contribution in [0.2, 0.25) is 0 Å². The normalized spacial score (nSPS) is 14.1. The van der Waals surface area contributed by atoms with Gasteiger partial charge in [0.05, 0.1) is 0 Å². The molecule has 3 N–H and O–H groups in total. The maximum Gasteiger partial charge on any atom is 0.251 e. The molecular formula is C14H20N2O2. The standard InChI is InChI=1S/C14H20N2O2/c17-9-2-1-7-16-14(18)13-5-3-4-11-10-15-8-6-12(11)13/h3-5,15,17H,1-2,6-10H2,(H,16,18). The van der Waals surface area contributed by atoms with Gasteiger partial charge in [-0.05, 0) is 43.0 Å². The summed E-state index contributed by atoms with van der Waals surface area (Å²) in [6.45, 7) is 2.59. The molecule has 4 nitrogen and oxygen atoms in total. The van der Waals surface area contributed by atoms with E-state index in [2.05, 4.69) is 16.7 Å². The minimum absolute atomic E-state index is 0.00619. The Kier molecular flexibility index (Phi) is 4.73. The lowest BCUT2D eigenvalue weighted by Crippen LogP contribution is -2.30. The van der Waals surface area contributed by atoms with Crippen molar-refractivity contribution in [1.29, 1.82) is 0 Å². The quantitative estimate of drug-likeness (QED) is 0.677. The first-order valence-corrected chi connectivity index (χ1v) is 6.53. The highest BCUT2D eigenvalue weighted by Crippen LogP contribution is 2.18. The summed E-state index contributed by atoms with van der Waals surface area (Å²) in [6, 6.07) is 5.91. The third-order valence-electron chi connectivity index (χ3n) is 3.26. The first-order chi connectivity index (χ1) is 8.83. The van der Waals surface area contributed by atoms with Crippen molar-refractivity contribution < 1.29 is 9.90 Å². The van der Waals surface area contributed by atoms with Crippen molar-refractivity contribution in [2.45, 2.75) is 25.8 Å². The van der Waals surface area contributed by atoms with Crippen LogP contribution in [0.4, 0.5) is 0 Å². The number of aliphatic hydroxyl groups is 1. The number of fused-ring (bicyclic) bond motifs is 1. The van der Waals surface area contributed by atoms with Crippen LogP contribution in [0.1, 0.15) is 34.3 Å². The van der Waals surface area contributed by atoms with E-state index in [1.54, 1.807) is 0 Å². The maximum absolute atomic E-state index is 12.1. The van der Waals surface area contributed by atoms with Crippen molar-refractivity contribution >= 4 is 5.91 Å². The van der Waals surface area contributed by atoms with Crippen LogP contribution in [0.25, 0.3) is 0 Å². The Morgan fingerprint density at radius 1 is 1.39 bits per heavy atom. The zero-order valence-electron chi connectivity index (χ0n) is 10.5. The lowest BCUT2D eigenvalue weighted by atomic mass is 9.95. The minimum Gasteiger partial charge on any atom is -0.396 e. The zero-order valence-corrected chi connectivity index (χ0v) is 10.5. The Hall–Kier alpha value is -1.39. The largest absolute Gasteiger partial charge is 0.396 e. The van der Waals surface area contributed by atoms with Crippen LogP contribution in [0, 0.1) is 0 Å². The fourth-order valence-corrected chi connectivity index (χ4v) is 2.28. The third-order valence-corrected chi connectivity index (χ3v) is 3.26. The topological polar surface area (TPSA) is 61.4 Å².